The molecule has 7 nitrogen and oxygen atoms in total. The molecule has 178 valence electrons. The van der Waals surface area contributed by atoms with Crippen LogP contribution in [-0.4, -0.2) is 36.2 Å². The second-order valence-corrected chi connectivity index (χ2v) is 8.25. The molecule has 3 aromatic rings. The number of carbonyl (C=O) groups excluding carboxylic acids is 2. The molecule has 3 aromatic carbocycles. The average molecular weight is 471 g/mol. The van der Waals surface area contributed by atoms with Crippen LogP contribution in [0.3, 0.4) is 0 Å². The molecule has 1 unspecified atom stereocenters. The van der Waals surface area contributed by atoms with Gasteiger partial charge in [0.15, 0.2) is 6.04 Å². The van der Waals surface area contributed by atoms with E-state index in [0.29, 0.717) is 5.56 Å². The van der Waals surface area contributed by atoms with E-state index in [4.69, 9.17) is 4.74 Å². The number of hydrogen-bond acceptors (Lipinski definition) is 4. The number of carboxylic acid groups (broad SMARTS) is 1. The Hall–Kier alpha value is -4.39. The molecule has 35 heavy (non-hydrogen) atoms. The van der Waals surface area contributed by atoms with Crippen LogP contribution < -0.4 is 10.6 Å². The molecule has 4 rings (SSSR count). The fraction of sp³-hybridized carbons (Fsp3) is 0.179. The van der Waals surface area contributed by atoms with Crippen LogP contribution in [-0.2, 0) is 14.3 Å². The van der Waals surface area contributed by atoms with Gasteiger partial charge in [0.2, 0.25) is 5.91 Å². The topological polar surface area (TPSA) is 105 Å². The minimum absolute atomic E-state index is 0.0397. The fourth-order valence-corrected chi connectivity index (χ4v) is 4.21. The summed E-state index contributed by atoms with van der Waals surface area (Å²) < 4.78 is 5.48. The summed E-state index contributed by atoms with van der Waals surface area (Å²) in [5.41, 5.74) is 5.30. The highest BCUT2D eigenvalue weighted by Crippen LogP contribution is 2.44. The molecule has 0 spiro atoms. The zero-order valence-electron chi connectivity index (χ0n) is 19.2. The van der Waals surface area contributed by atoms with Gasteiger partial charge in [-0.15, -0.1) is 0 Å². The molecular weight excluding hydrogens is 444 g/mol. The van der Waals surface area contributed by atoms with Crippen LogP contribution in [0.5, 0.6) is 0 Å². The smallest absolute Gasteiger partial charge is 0.407 e. The second-order valence-electron chi connectivity index (χ2n) is 8.25. The summed E-state index contributed by atoms with van der Waals surface area (Å²) in [7, 11) is 0. The van der Waals surface area contributed by atoms with E-state index in [1.165, 1.54) is 6.08 Å². The Bertz CT molecular complexity index is 1220. The maximum Gasteiger partial charge on any atom is 0.407 e. The van der Waals surface area contributed by atoms with Gasteiger partial charge in [0.25, 0.3) is 0 Å². The van der Waals surface area contributed by atoms with Gasteiger partial charge in [0.05, 0.1) is 0 Å². The fourth-order valence-electron chi connectivity index (χ4n) is 4.21. The van der Waals surface area contributed by atoms with Gasteiger partial charge in [-0.05, 0) is 34.7 Å². The molecule has 1 aliphatic rings. The van der Waals surface area contributed by atoms with Crippen LogP contribution in [0.25, 0.3) is 11.1 Å². The summed E-state index contributed by atoms with van der Waals surface area (Å²) in [6.07, 6.45) is 0.921. The van der Waals surface area contributed by atoms with Crippen molar-refractivity contribution < 1.29 is 24.2 Å². The van der Waals surface area contributed by atoms with Crippen molar-refractivity contribution in [2.45, 2.75) is 18.9 Å². The molecule has 2 amide bonds. The van der Waals surface area contributed by atoms with Crippen LogP contribution in [0, 0.1) is 0 Å². The number of hydrogen-bond donors (Lipinski definition) is 3. The van der Waals surface area contributed by atoms with Crippen molar-refractivity contribution >= 4 is 18.0 Å². The Morgan fingerprint density at radius 2 is 1.49 bits per heavy atom. The predicted octanol–water partition coefficient (Wildman–Crippen LogP) is 4.41. The predicted molar refractivity (Wildman–Crippen MR) is 132 cm³/mol. The summed E-state index contributed by atoms with van der Waals surface area (Å²) >= 11 is 0. The maximum absolute atomic E-state index is 12.5. The van der Waals surface area contributed by atoms with Crippen LogP contribution in [0.2, 0.25) is 0 Å². The first-order chi connectivity index (χ1) is 17.0. The molecular formula is C28H26N2O5. The van der Waals surface area contributed by atoms with Crippen molar-refractivity contribution in [3.05, 3.63) is 107 Å². The monoisotopic (exact) mass is 470 g/mol. The highest BCUT2D eigenvalue weighted by Gasteiger charge is 2.29. The zero-order valence-corrected chi connectivity index (χ0v) is 19.2. The van der Waals surface area contributed by atoms with Crippen LogP contribution in [0.15, 0.2) is 90.5 Å². The summed E-state index contributed by atoms with van der Waals surface area (Å²) in [5.74, 6) is -1.73. The molecule has 0 aliphatic heterocycles. The number of benzene rings is 3. The molecule has 0 aromatic heterocycles. The van der Waals surface area contributed by atoms with Crippen molar-refractivity contribution in [2.75, 3.05) is 13.2 Å². The quantitative estimate of drug-likeness (QED) is 0.423. The number of carboxylic acids is 1. The molecule has 0 radical (unpaired) electrons. The van der Waals surface area contributed by atoms with E-state index in [0.717, 1.165) is 22.3 Å². The Balaban J connectivity index is 1.30. The Morgan fingerprint density at radius 3 is 2.09 bits per heavy atom. The minimum Gasteiger partial charge on any atom is -0.479 e. The molecule has 1 atom stereocenters. The third-order valence-electron chi connectivity index (χ3n) is 6.01. The van der Waals surface area contributed by atoms with Gasteiger partial charge in [-0.1, -0.05) is 84.9 Å². The van der Waals surface area contributed by atoms with Gasteiger partial charge in [0, 0.05) is 18.0 Å². The number of amides is 2. The number of carbonyl (C=O) groups is 3. The third kappa shape index (κ3) is 5.41. The second kappa shape index (κ2) is 10.7. The van der Waals surface area contributed by atoms with Crippen molar-refractivity contribution in [3.8, 4) is 11.1 Å². The van der Waals surface area contributed by atoms with Gasteiger partial charge >= 0.3 is 12.1 Å². The van der Waals surface area contributed by atoms with Gasteiger partial charge < -0.3 is 20.5 Å². The highest BCUT2D eigenvalue weighted by molar-refractivity contribution is 5.95. The molecule has 7 heteroatoms. The summed E-state index contributed by atoms with van der Waals surface area (Å²) in [6.45, 7) is 1.82. The molecule has 0 fully saturated rings. The van der Waals surface area contributed by atoms with E-state index in [9.17, 15) is 19.5 Å². The summed E-state index contributed by atoms with van der Waals surface area (Å²) in [4.78, 5) is 36.3. The van der Waals surface area contributed by atoms with Gasteiger partial charge in [-0.25, -0.2) is 9.59 Å². The van der Waals surface area contributed by atoms with Gasteiger partial charge in [0.1, 0.15) is 6.61 Å². The van der Waals surface area contributed by atoms with Gasteiger partial charge in [-0.3, -0.25) is 4.79 Å². The van der Waals surface area contributed by atoms with Gasteiger partial charge in [-0.2, -0.15) is 0 Å². The van der Waals surface area contributed by atoms with E-state index >= 15 is 0 Å². The first kappa shape index (κ1) is 23.8. The first-order valence-corrected chi connectivity index (χ1v) is 11.3. The summed E-state index contributed by atoms with van der Waals surface area (Å²) in [6, 6.07) is 23.5. The van der Waals surface area contributed by atoms with Crippen LogP contribution in [0.1, 0.15) is 35.6 Å². The lowest BCUT2D eigenvalue weighted by Crippen LogP contribution is -2.34. The number of rotatable bonds is 8. The normalized spacial score (nSPS) is 13.3. The lowest BCUT2D eigenvalue weighted by molar-refractivity contribution is -0.141. The number of ether oxygens (including phenoxy) is 1. The molecule has 3 N–H and O–H groups in total. The minimum atomic E-state index is -1.16. The third-order valence-corrected chi connectivity index (χ3v) is 6.01. The van der Waals surface area contributed by atoms with Crippen molar-refractivity contribution in [3.63, 3.8) is 0 Å². The van der Waals surface area contributed by atoms with Crippen LogP contribution in [0.4, 0.5) is 4.79 Å². The Morgan fingerprint density at radius 1 is 0.914 bits per heavy atom. The average Bonchev–Trinajstić information content (AvgIpc) is 3.19. The molecule has 0 heterocycles. The molecule has 0 bridgehead atoms. The lowest BCUT2D eigenvalue weighted by Gasteiger charge is -2.15. The molecule has 0 saturated heterocycles. The SMILES string of the molecule is C/C(=C\CNC(=O)OCC1c2ccccc2-c2ccccc21)C(=O)NC(C(=O)O)c1ccccc1. The Labute approximate surface area is 203 Å². The van der Waals surface area contributed by atoms with E-state index in [2.05, 4.69) is 22.8 Å². The number of nitrogens with one attached hydrogen (secondary N) is 2. The van der Waals surface area contributed by atoms with E-state index in [1.54, 1.807) is 37.3 Å². The zero-order chi connectivity index (χ0) is 24.8. The highest BCUT2D eigenvalue weighted by atomic mass is 16.5. The molecule has 1 aliphatic carbocycles. The van der Waals surface area contributed by atoms with E-state index in [-0.39, 0.29) is 24.6 Å². The first-order valence-electron chi connectivity index (χ1n) is 11.3. The number of alkyl carbamates (subject to hydrolysis) is 1. The lowest BCUT2D eigenvalue weighted by atomic mass is 9.98. The standard InChI is InChI=1S/C28H26N2O5/c1-18(26(31)30-25(27(32)33)19-9-3-2-4-10-19)15-16-29-28(34)35-17-24-22-13-7-5-11-20(22)21-12-6-8-14-23(21)24/h2-15,24-25H,16-17H2,1H3,(H,29,34)(H,30,31)(H,32,33)/b18-15+. The van der Waals surface area contributed by atoms with Crippen molar-refractivity contribution in [1.82, 2.24) is 10.6 Å². The number of fused-ring (bicyclic) bond motifs is 3. The van der Waals surface area contributed by atoms with Crippen molar-refractivity contribution in [1.29, 1.82) is 0 Å². The summed E-state index contributed by atoms with van der Waals surface area (Å²) in [5, 5.41) is 14.6. The van der Waals surface area contributed by atoms with Crippen LogP contribution >= 0.6 is 0 Å². The van der Waals surface area contributed by atoms with E-state index < -0.39 is 24.0 Å². The van der Waals surface area contributed by atoms with E-state index in [1.807, 2.05) is 36.4 Å². The maximum atomic E-state index is 12.5. The Kier molecular flexibility index (Phi) is 7.26. The number of aliphatic carboxylic acids is 1. The molecule has 0 saturated carbocycles. The van der Waals surface area contributed by atoms with Crippen molar-refractivity contribution in [2.24, 2.45) is 0 Å². The largest absolute Gasteiger partial charge is 0.479 e.